The van der Waals surface area contributed by atoms with Gasteiger partial charge in [-0.3, -0.25) is 0 Å². The van der Waals surface area contributed by atoms with Gasteiger partial charge in [-0.2, -0.15) is 0 Å². The number of hydrogen-bond acceptors (Lipinski definition) is 3. The van der Waals surface area contributed by atoms with Crippen molar-refractivity contribution in [2.75, 3.05) is 0 Å². The number of ether oxygens (including phenoxy) is 1. The summed E-state index contributed by atoms with van der Waals surface area (Å²) >= 11 is 0. The minimum atomic E-state index is -1.00. The van der Waals surface area contributed by atoms with Gasteiger partial charge in [0.25, 0.3) is 0 Å². The van der Waals surface area contributed by atoms with Crippen molar-refractivity contribution in [1.82, 2.24) is 5.32 Å². The van der Waals surface area contributed by atoms with E-state index in [1.165, 1.54) is 0 Å². The Balaban J connectivity index is 0. The predicted octanol–water partition coefficient (Wildman–Crippen LogP) is 4.62. The van der Waals surface area contributed by atoms with Gasteiger partial charge in [0, 0.05) is 0 Å². The van der Waals surface area contributed by atoms with Gasteiger partial charge in [-0.25, -0.2) is 9.59 Å². The van der Waals surface area contributed by atoms with E-state index in [2.05, 4.69) is 11.9 Å². The van der Waals surface area contributed by atoms with Crippen LogP contribution < -0.4 is 5.32 Å². The molecule has 1 saturated carbocycles. The maximum Gasteiger partial charge on any atom is 0.408 e. The van der Waals surface area contributed by atoms with Gasteiger partial charge in [0.1, 0.15) is 11.6 Å². The van der Waals surface area contributed by atoms with Crippen molar-refractivity contribution < 1.29 is 19.4 Å². The topological polar surface area (TPSA) is 75.6 Å². The molecule has 0 aromatic carbocycles. The highest BCUT2D eigenvalue weighted by Crippen LogP contribution is 2.44. The van der Waals surface area contributed by atoms with Crippen LogP contribution in [-0.2, 0) is 9.53 Å². The van der Waals surface area contributed by atoms with Gasteiger partial charge in [-0.1, -0.05) is 33.8 Å². The van der Waals surface area contributed by atoms with Crippen molar-refractivity contribution >= 4 is 12.1 Å². The molecule has 0 heterocycles. The van der Waals surface area contributed by atoms with Gasteiger partial charge in [0.05, 0.1) is 0 Å². The van der Waals surface area contributed by atoms with Crippen LogP contribution in [0.15, 0.2) is 12.7 Å². The maximum absolute atomic E-state index is 11.6. The minimum Gasteiger partial charge on any atom is -0.480 e. The average Bonchev–Trinajstić information content (AvgIpc) is 3.24. The van der Waals surface area contributed by atoms with Gasteiger partial charge >= 0.3 is 12.1 Å². The fourth-order valence-electron chi connectivity index (χ4n) is 2.13. The van der Waals surface area contributed by atoms with Crippen LogP contribution in [0.1, 0.15) is 67.7 Å². The Kier molecular flexibility index (Phi) is 12.4. The summed E-state index contributed by atoms with van der Waals surface area (Å²) in [4.78, 5) is 22.8. The van der Waals surface area contributed by atoms with Crippen LogP contribution in [0.5, 0.6) is 0 Å². The number of nitrogens with one attached hydrogen (secondary N) is 1. The second-order valence-corrected chi connectivity index (χ2v) is 5.99. The lowest BCUT2D eigenvalue weighted by atomic mass is 10.1. The monoisotopic (exact) mass is 329 g/mol. The largest absolute Gasteiger partial charge is 0.480 e. The summed E-state index contributed by atoms with van der Waals surface area (Å²) in [7, 11) is 0. The van der Waals surface area contributed by atoms with Crippen LogP contribution >= 0.6 is 0 Å². The van der Waals surface area contributed by atoms with Gasteiger partial charge < -0.3 is 15.2 Å². The van der Waals surface area contributed by atoms with E-state index < -0.39 is 23.7 Å². The highest BCUT2D eigenvalue weighted by molar-refractivity contribution is 5.80. The van der Waals surface area contributed by atoms with Crippen molar-refractivity contribution in [2.24, 2.45) is 11.8 Å². The molecule has 0 saturated heterocycles. The van der Waals surface area contributed by atoms with Gasteiger partial charge in [0.15, 0.2) is 0 Å². The fraction of sp³-hybridized carbons (Fsp3) is 0.778. The molecule has 0 aromatic rings. The highest BCUT2D eigenvalue weighted by Gasteiger charge is 2.46. The quantitative estimate of drug-likeness (QED) is 0.697. The smallest absolute Gasteiger partial charge is 0.408 e. The van der Waals surface area contributed by atoms with Crippen molar-refractivity contribution in [2.45, 2.75) is 79.4 Å². The molecule has 3 atom stereocenters. The third kappa shape index (κ3) is 10.8. The molecular formula is C18H35NO4. The Morgan fingerprint density at radius 2 is 1.83 bits per heavy atom. The van der Waals surface area contributed by atoms with E-state index in [0.717, 1.165) is 19.3 Å². The SMILES string of the molecule is C=CCC[C@@H]1CC1C(NC(=O)OC(C)(C)C)C(=O)O.CC.CC. The van der Waals surface area contributed by atoms with E-state index in [9.17, 15) is 14.7 Å². The normalized spacial score (nSPS) is 19.8. The van der Waals surface area contributed by atoms with Crippen LogP contribution in [0.2, 0.25) is 0 Å². The van der Waals surface area contributed by atoms with E-state index in [-0.39, 0.29) is 5.92 Å². The summed E-state index contributed by atoms with van der Waals surface area (Å²) < 4.78 is 5.08. The first kappa shape index (κ1) is 23.7. The number of aliphatic carboxylic acids is 1. The number of allylic oxidation sites excluding steroid dienone is 1. The number of hydrogen-bond donors (Lipinski definition) is 2. The maximum atomic E-state index is 11.6. The van der Waals surface area contributed by atoms with E-state index in [1.807, 2.05) is 33.8 Å². The van der Waals surface area contributed by atoms with Crippen LogP contribution in [0.4, 0.5) is 4.79 Å². The molecule has 23 heavy (non-hydrogen) atoms. The Hall–Kier alpha value is -1.52. The molecule has 0 bridgehead atoms. The van der Waals surface area contributed by atoms with Crippen LogP contribution in [-0.4, -0.2) is 28.8 Å². The molecule has 0 spiro atoms. The Morgan fingerprint density at radius 1 is 1.30 bits per heavy atom. The molecule has 1 aliphatic rings. The molecule has 0 aliphatic heterocycles. The molecule has 1 aliphatic carbocycles. The molecule has 1 fully saturated rings. The van der Waals surface area contributed by atoms with Crippen LogP contribution in [0.25, 0.3) is 0 Å². The van der Waals surface area contributed by atoms with E-state index in [0.29, 0.717) is 5.92 Å². The lowest BCUT2D eigenvalue weighted by molar-refractivity contribution is -0.140. The molecule has 2 unspecified atom stereocenters. The molecule has 0 radical (unpaired) electrons. The molecule has 1 rings (SSSR count). The van der Waals surface area contributed by atoms with Gasteiger partial charge in [-0.15, -0.1) is 6.58 Å². The van der Waals surface area contributed by atoms with Gasteiger partial charge in [-0.05, 0) is 51.9 Å². The van der Waals surface area contributed by atoms with Crippen molar-refractivity contribution in [1.29, 1.82) is 0 Å². The van der Waals surface area contributed by atoms with Crippen molar-refractivity contribution in [3.63, 3.8) is 0 Å². The minimum absolute atomic E-state index is 0.00460. The van der Waals surface area contributed by atoms with Crippen LogP contribution in [0, 0.1) is 11.8 Å². The summed E-state index contributed by atoms with van der Waals surface area (Å²) in [6.07, 6.45) is 3.79. The Labute approximate surface area is 141 Å². The van der Waals surface area contributed by atoms with Crippen LogP contribution in [0.3, 0.4) is 0 Å². The van der Waals surface area contributed by atoms with E-state index in [4.69, 9.17) is 4.74 Å². The Morgan fingerprint density at radius 3 is 2.22 bits per heavy atom. The first-order valence-electron chi connectivity index (χ1n) is 8.58. The van der Waals surface area contributed by atoms with Crippen molar-refractivity contribution in [3.05, 3.63) is 12.7 Å². The summed E-state index contributed by atoms with van der Waals surface area (Å²) in [6.45, 7) is 16.9. The van der Waals surface area contributed by atoms with Gasteiger partial charge in [0.2, 0.25) is 0 Å². The zero-order valence-electron chi connectivity index (χ0n) is 15.8. The molecule has 5 nitrogen and oxygen atoms in total. The molecule has 1 amide bonds. The lowest BCUT2D eigenvalue weighted by Gasteiger charge is -2.22. The molecule has 2 N–H and O–H groups in total. The molecule has 136 valence electrons. The third-order valence-corrected chi connectivity index (χ3v) is 3.09. The summed E-state index contributed by atoms with van der Waals surface area (Å²) in [6, 6.07) is -0.857. The lowest BCUT2D eigenvalue weighted by Crippen LogP contribution is -2.45. The first-order valence-corrected chi connectivity index (χ1v) is 8.58. The fourth-order valence-corrected chi connectivity index (χ4v) is 2.13. The Bertz CT molecular complexity index is 361. The van der Waals surface area contributed by atoms with E-state index >= 15 is 0 Å². The van der Waals surface area contributed by atoms with E-state index in [1.54, 1.807) is 20.8 Å². The zero-order chi connectivity index (χ0) is 18.6. The number of carboxylic acid groups (broad SMARTS) is 1. The number of carbonyl (C=O) groups excluding carboxylic acids is 1. The standard InChI is InChI=1S/C14H23NO4.2C2H6/c1-5-6-7-9-8-10(9)11(12(16)17)15-13(18)19-14(2,3)4;2*1-2/h5,9-11H,1,6-8H2,2-4H3,(H,15,18)(H,16,17);2*1-2H3/t9-,10?,11?;;/m1../s1. The molecule has 0 aromatic heterocycles. The summed E-state index contributed by atoms with van der Waals surface area (Å²) in [5, 5.41) is 11.6. The first-order chi connectivity index (χ1) is 10.7. The molecular weight excluding hydrogens is 294 g/mol. The number of carbonyl (C=O) groups is 2. The number of amides is 1. The summed E-state index contributed by atoms with van der Waals surface area (Å²) in [5.41, 5.74) is -0.626. The number of alkyl carbamates (subject to hydrolysis) is 1. The second-order valence-electron chi connectivity index (χ2n) is 5.99. The third-order valence-electron chi connectivity index (χ3n) is 3.09. The summed E-state index contributed by atoms with van der Waals surface area (Å²) in [5.74, 6) is -0.643. The second kappa shape index (κ2) is 12.0. The molecule has 5 heteroatoms. The number of carboxylic acids is 1. The number of rotatable bonds is 6. The highest BCUT2D eigenvalue weighted by atomic mass is 16.6. The van der Waals surface area contributed by atoms with Crippen molar-refractivity contribution in [3.8, 4) is 0 Å². The zero-order valence-corrected chi connectivity index (χ0v) is 15.8. The average molecular weight is 329 g/mol. The predicted molar refractivity (Wildman–Crippen MR) is 94.5 cm³/mol.